The minimum Gasteiger partial charge on any atom is -0.507 e. The van der Waals surface area contributed by atoms with Crippen molar-refractivity contribution < 1.29 is 15.0 Å². The number of carbonyl (C=O) groups is 1. The monoisotopic (exact) mass is 362 g/mol. The van der Waals surface area contributed by atoms with Gasteiger partial charge in [0.15, 0.2) is 0 Å². The summed E-state index contributed by atoms with van der Waals surface area (Å²) in [6.07, 6.45) is 3.79. The van der Waals surface area contributed by atoms with Crippen molar-refractivity contribution in [2.45, 2.75) is 35.5 Å². The molecule has 0 aliphatic carbocycles. The molecule has 2 unspecified atom stereocenters. The van der Waals surface area contributed by atoms with E-state index in [0.717, 1.165) is 20.9 Å². The second kappa shape index (κ2) is 7.99. The number of carbonyl (C=O) groups excluding carboxylic acids is 1. The summed E-state index contributed by atoms with van der Waals surface area (Å²) in [6, 6.07) is 10.6. The molecule has 3 nitrogen and oxygen atoms in total. The first-order chi connectivity index (χ1) is 11.4. The fraction of sp³-hybridized carbons (Fsp3) is 0.316. The zero-order chi connectivity index (χ0) is 17.9. The molecule has 5 heteroatoms. The van der Waals surface area contributed by atoms with E-state index in [0.29, 0.717) is 0 Å². The van der Waals surface area contributed by atoms with Crippen LogP contribution in [0.2, 0.25) is 0 Å². The first kappa shape index (κ1) is 18.7. The molecule has 0 aliphatic heterocycles. The summed E-state index contributed by atoms with van der Waals surface area (Å²) in [5.41, 5.74) is 1.80. The van der Waals surface area contributed by atoms with E-state index in [2.05, 4.69) is 0 Å². The number of benzene rings is 2. The molecule has 2 aromatic carbocycles. The van der Waals surface area contributed by atoms with Gasteiger partial charge in [0.05, 0.1) is 0 Å². The minimum atomic E-state index is -0.266. The largest absolute Gasteiger partial charge is 0.507 e. The fourth-order valence-corrected chi connectivity index (χ4v) is 3.69. The van der Waals surface area contributed by atoms with Crippen LogP contribution in [0.15, 0.2) is 46.2 Å². The number of phenolic OH excluding ortho intramolecular Hbond substituents is 2. The summed E-state index contributed by atoms with van der Waals surface area (Å²) in [7, 11) is 0. The van der Waals surface area contributed by atoms with Crippen molar-refractivity contribution in [2.24, 2.45) is 0 Å². The number of phenols is 2. The summed E-state index contributed by atoms with van der Waals surface area (Å²) in [4.78, 5) is 14.4. The van der Waals surface area contributed by atoms with Crippen molar-refractivity contribution in [2.75, 3.05) is 12.5 Å². The Hall–Kier alpha value is -1.59. The Kier molecular flexibility index (Phi) is 6.24. The predicted molar refractivity (Wildman–Crippen MR) is 102 cm³/mol. The molecule has 2 atom stereocenters. The topological polar surface area (TPSA) is 57.5 Å². The second-order valence-corrected chi connectivity index (χ2v) is 7.40. The molecule has 0 fully saturated rings. The minimum absolute atomic E-state index is 0.116. The normalized spacial score (nSPS) is 13.5. The number of hydrogen-bond donors (Lipinski definition) is 2. The number of ketones is 1. The average molecular weight is 363 g/mol. The number of hydrogen-bond acceptors (Lipinski definition) is 5. The zero-order valence-electron chi connectivity index (χ0n) is 14.2. The van der Waals surface area contributed by atoms with E-state index in [4.69, 9.17) is 0 Å². The van der Waals surface area contributed by atoms with Crippen molar-refractivity contribution in [3.8, 4) is 11.5 Å². The third kappa shape index (κ3) is 3.90. The lowest BCUT2D eigenvalue weighted by atomic mass is 9.86. The maximum absolute atomic E-state index is 12.9. The molecule has 0 aromatic heterocycles. The van der Waals surface area contributed by atoms with Gasteiger partial charge in [-0.15, -0.1) is 23.5 Å². The Morgan fingerprint density at radius 2 is 1.21 bits per heavy atom. The van der Waals surface area contributed by atoms with Crippen molar-refractivity contribution in [3.05, 3.63) is 47.5 Å². The second-order valence-electron chi connectivity index (χ2n) is 5.71. The van der Waals surface area contributed by atoms with Crippen LogP contribution in [0.4, 0.5) is 0 Å². The fourth-order valence-electron chi connectivity index (χ4n) is 2.63. The Morgan fingerprint density at radius 1 is 0.833 bits per heavy atom. The highest BCUT2D eigenvalue weighted by Gasteiger charge is 2.24. The summed E-state index contributed by atoms with van der Waals surface area (Å²) < 4.78 is 0. The molecular weight excluding hydrogens is 340 g/mol. The van der Waals surface area contributed by atoms with Gasteiger partial charge in [0.25, 0.3) is 0 Å². The maximum atomic E-state index is 12.9. The molecule has 0 bridgehead atoms. The number of Topliss-reactive ketones (excluding diaryl/α,β-unsaturated/α-hetero) is 1. The van der Waals surface area contributed by atoms with Crippen LogP contribution in [0.5, 0.6) is 11.5 Å². The SMILES string of the molecule is CSc1cc(C(C)C(=O)C(C)c2ccc(O)c(SC)c2)ccc1O. The first-order valence-corrected chi connectivity index (χ1v) is 10.1. The van der Waals surface area contributed by atoms with Gasteiger partial charge in [-0.2, -0.15) is 0 Å². The quantitative estimate of drug-likeness (QED) is 0.707. The third-order valence-corrected chi connectivity index (χ3v) is 5.79. The van der Waals surface area contributed by atoms with E-state index in [9.17, 15) is 15.0 Å². The van der Waals surface area contributed by atoms with Gasteiger partial charge in [-0.25, -0.2) is 0 Å². The Labute approximate surface area is 151 Å². The number of thioether (sulfide) groups is 2. The Balaban J connectivity index is 2.27. The summed E-state index contributed by atoms with van der Waals surface area (Å²) in [5.74, 6) is 0.0609. The molecule has 0 heterocycles. The van der Waals surface area contributed by atoms with Crippen LogP contribution in [-0.4, -0.2) is 28.5 Å². The van der Waals surface area contributed by atoms with Gasteiger partial charge in [-0.1, -0.05) is 26.0 Å². The van der Waals surface area contributed by atoms with Gasteiger partial charge in [0, 0.05) is 21.6 Å². The van der Waals surface area contributed by atoms with Crippen LogP contribution in [0.25, 0.3) is 0 Å². The Bertz CT molecular complexity index is 682. The van der Waals surface area contributed by atoms with Crippen LogP contribution in [-0.2, 0) is 4.79 Å². The summed E-state index contributed by atoms with van der Waals surface area (Å²) in [5, 5.41) is 19.6. The van der Waals surface area contributed by atoms with E-state index in [-0.39, 0.29) is 29.1 Å². The highest BCUT2D eigenvalue weighted by Crippen LogP contribution is 2.34. The highest BCUT2D eigenvalue weighted by molar-refractivity contribution is 7.99. The van der Waals surface area contributed by atoms with Crippen molar-refractivity contribution in [3.63, 3.8) is 0 Å². The molecule has 2 aromatic rings. The van der Waals surface area contributed by atoms with Gasteiger partial charge in [-0.3, -0.25) is 4.79 Å². The highest BCUT2D eigenvalue weighted by atomic mass is 32.2. The molecule has 0 radical (unpaired) electrons. The van der Waals surface area contributed by atoms with Crippen molar-refractivity contribution in [1.82, 2.24) is 0 Å². The summed E-state index contributed by atoms with van der Waals surface area (Å²) in [6.45, 7) is 3.79. The van der Waals surface area contributed by atoms with Gasteiger partial charge >= 0.3 is 0 Å². The number of rotatable bonds is 6. The zero-order valence-corrected chi connectivity index (χ0v) is 15.9. The first-order valence-electron chi connectivity index (χ1n) is 7.66. The van der Waals surface area contributed by atoms with Gasteiger partial charge in [0.2, 0.25) is 0 Å². The van der Waals surface area contributed by atoms with E-state index in [1.54, 1.807) is 24.3 Å². The molecule has 2 rings (SSSR count). The van der Waals surface area contributed by atoms with Gasteiger partial charge in [-0.05, 0) is 47.9 Å². The molecule has 0 aliphatic rings. The van der Waals surface area contributed by atoms with Gasteiger partial charge < -0.3 is 10.2 Å². The average Bonchev–Trinajstić information content (AvgIpc) is 2.60. The third-order valence-electron chi connectivity index (χ3n) is 4.26. The number of aromatic hydroxyl groups is 2. The van der Waals surface area contributed by atoms with Crippen LogP contribution < -0.4 is 0 Å². The molecule has 24 heavy (non-hydrogen) atoms. The maximum Gasteiger partial charge on any atom is 0.147 e. The molecule has 0 spiro atoms. The van der Waals surface area contributed by atoms with Crippen molar-refractivity contribution in [1.29, 1.82) is 0 Å². The van der Waals surface area contributed by atoms with Crippen LogP contribution in [0.3, 0.4) is 0 Å². The molecule has 128 valence electrons. The van der Waals surface area contributed by atoms with E-state index >= 15 is 0 Å². The van der Waals surface area contributed by atoms with Crippen LogP contribution in [0.1, 0.15) is 36.8 Å². The van der Waals surface area contributed by atoms with Crippen LogP contribution in [0, 0.1) is 0 Å². The predicted octanol–water partition coefficient (Wildman–Crippen LogP) is 5.02. The molecule has 0 saturated heterocycles. The lowest BCUT2D eigenvalue weighted by Gasteiger charge is -2.18. The molecule has 2 N–H and O–H groups in total. The molecule has 0 amide bonds. The molecule has 0 saturated carbocycles. The van der Waals surface area contributed by atoms with E-state index in [1.807, 2.05) is 38.5 Å². The lowest BCUT2D eigenvalue weighted by molar-refractivity contribution is -0.121. The van der Waals surface area contributed by atoms with Gasteiger partial charge in [0.1, 0.15) is 17.3 Å². The lowest BCUT2D eigenvalue weighted by Crippen LogP contribution is -2.16. The van der Waals surface area contributed by atoms with Crippen LogP contribution >= 0.6 is 23.5 Å². The van der Waals surface area contributed by atoms with Crippen molar-refractivity contribution >= 4 is 29.3 Å². The van der Waals surface area contributed by atoms with E-state index in [1.165, 1.54) is 23.5 Å². The smallest absolute Gasteiger partial charge is 0.147 e. The summed E-state index contributed by atoms with van der Waals surface area (Å²) >= 11 is 2.92. The van der Waals surface area contributed by atoms with E-state index < -0.39 is 0 Å². The molecular formula is C19H22O3S2. The Morgan fingerprint density at radius 3 is 1.54 bits per heavy atom. The standard InChI is InChI=1S/C19H22O3S2/c1-11(13-5-7-15(20)17(9-13)23-3)19(22)12(2)14-6-8-16(21)18(10-14)24-4/h5-12,20-21H,1-4H3.